The van der Waals surface area contributed by atoms with Crippen LogP contribution in [0.4, 0.5) is 0 Å². The number of aliphatic carboxylic acids is 1. The predicted molar refractivity (Wildman–Crippen MR) is 85.1 cm³/mol. The number of hydrogen-bond acceptors (Lipinski definition) is 4. The second kappa shape index (κ2) is 5.91. The molecule has 0 spiro atoms. The van der Waals surface area contributed by atoms with Crippen molar-refractivity contribution >= 4 is 11.8 Å². The van der Waals surface area contributed by atoms with E-state index in [1.807, 2.05) is 24.3 Å². The predicted octanol–water partition coefficient (Wildman–Crippen LogP) is 2.75. The first-order valence-corrected chi connectivity index (χ1v) is 7.59. The van der Waals surface area contributed by atoms with Crippen LogP contribution < -0.4 is 10.1 Å². The first kappa shape index (κ1) is 15.3. The molecule has 1 atom stereocenters. The van der Waals surface area contributed by atoms with Gasteiger partial charge in [-0.1, -0.05) is 18.2 Å². The van der Waals surface area contributed by atoms with E-state index in [1.54, 1.807) is 14.0 Å². The normalized spacial score (nSPS) is 21.0. The standard InChI is InChI=1S/C18H19NO4/c1-10-13(18(21)22)9-14-15(19-10)7-11(8-16(14)20)12-5-3-4-6-17(12)23-2/h3-6,11,19H,7-9H2,1-2H3,(H,21,22)/t11-/m1/s1. The molecule has 0 saturated carbocycles. The van der Waals surface area contributed by atoms with Gasteiger partial charge in [0.25, 0.3) is 0 Å². The minimum absolute atomic E-state index is 0.0147. The molecule has 0 saturated heterocycles. The molecular weight excluding hydrogens is 294 g/mol. The molecule has 2 N–H and O–H groups in total. The number of para-hydroxylation sites is 1. The summed E-state index contributed by atoms with van der Waals surface area (Å²) < 4.78 is 5.40. The van der Waals surface area contributed by atoms with Crippen molar-refractivity contribution in [2.75, 3.05) is 7.11 Å². The highest BCUT2D eigenvalue weighted by Crippen LogP contribution is 2.40. The molecule has 1 aromatic rings. The lowest BCUT2D eigenvalue weighted by molar-refractivity contribution is -0.132. The molecule has 2 aliphatic rings. The molecule has 0 bridgehead atoms. The molecule has 0 unspecified atom stereocenters. The molecule has 120 valence electrons. The number of nitrogens with one attached hydrogen (secondary N) is 1. The minimum atomic E-state index is -0.971. The average Bonchev–Trinajstić information content (AvgIpc) is 2.53. The number of dihydropyridines is 1. The number of ether oxygens (including phenoxy) is 1. The second-order valence-corrected chi connectivity index (χ2v) is 5.94. The van der Waals surface area contributed by atoms with Crippen LogP contribution in [0.2, 0.25) is 0 Å². The summed E-state index contributed by atoms with van der Waals surface area (Å²) in [6, 6.07) is 7.72. The van der Waals surface area contributed by atoms with E-state index in [9.17, 15) is 14.7 Å². The van der Waals surface area contributed by atoms with Crippen LogP contribution in [0.15, 0.2) is 46.8 Å². The number of carbonyl (C=O) groups is 2. The molecule has 0 aromatic heterocycles. The largest absolute Gasteiger partial charge is 0.496 e. The fraction of sp³-hybridized carbons (Fsp3) is 0.333. The highest BCUT2D eigenvalue weighted by atomic mass is 16.5. The van der Waals surface area contributed by atoms with Crippen molar-refractivity contribution < 1.29 is 19.4 Å². The quantitative estimate of drug-likeness (QED) is 0.897. The summed E-state index contributed by atoms with van der Waals surface area (Å²) in [7, 11) is 1.62. The van der Waals surface area contributed by atoms with Crippen molar-refractivity contribution in [3.05, 3.63) is 52.4 Å². The van der Waals surface area contributed by atoms with Crippen molar-refractivity contribution in [2.24, 2.45) is 0 Å². The molecule has 0 amide bonds. The highest BCUT2D eigenvalue weighted by Gasteiger charge is 2.34. The first-order chi connectivity index (χ1) is 11.0. The zero-order valence-corrected chi connectivity index (χ0v) is 13.2. The second-order valence-electron chi connectivity index (χ2n) is 5.94. The molecule has 1 aliphatic heterocycles. The van der Waals surface area contributed by atoms with E-state index in [-0.39, 0.29) is 23.7 Å². The van der Waals surface area contributed by atoms with Crippen LogP contribution in [-0.2, 0) is 9.59 Å². The molecule has 5 nitrogen and oxygen atoms in total. The summed E-state index contributed by atoms with van der Waals surface area (Å²) in [5, 5.41) is 12.4. The molecular formula is C18H19NO4. The third-order valence-corrected chi connectivity index (χ3v) is 4.56. The van der Waals surface area contributed by atoms with E-state index in [4.69, 9.17) is 4.74 Å². The summed E-state index contributed by atoms with van der Waals surface area (Å²) in [5.41, 5.74) is 3.36. The van der Waals surface area contributed by atoms with Gasteiger partial charge in [-0.15, -0.1) is 0 Å². The molecule has 0 radical (unpaired) electrons. The molecule has 1 aromatic carbocycles. The Balaban J connectivity index is 1.91. The van der Waals surface area contributed by atoms with Gasteiger partial charge in [-0.05, 0) is 25.0 Å². The average molecular weight is 313 g/mol. The van der Waals surface area contributed by atoms with Crippen molar-refractivity contribution in [2.45, 2.75) is 32.1 Å². The summed E-state index contributed by atoms with van der Waals surface area (Å²) in [5.74, 6) is -0.130. The third kappa shape index (κ3) is 2.74. The zero-order valence-electron chi connectivity index (χ0n) is 13.2. The Labute approximate surface area is 134 Å². The lowest BCUT2D eigenvalue weighted by Gasteiger charge is -2.31. The highest BCUT2D eigenvalue weighted by molar-refractivity contribution is 6.01. The molecule has 1 aliphatic carbocycles. The number of rotatable bonds is 3. The Bertz CT molecular complexity index is 745. The van der Waals surface area contributed by atoms with E-state index < -0.39 is 5.97 Å². The Morgan fingerprint density at radius 1 is 1.30 bits per heavy atom. The maximum atomic E-state index is 12.5. The Kier molecular flexibility index (Phi) is 3.94. The zero-order chi connectivity index (χ0) is 16.6. The van der Waals surface area contributed by atoms with E-state index in [0.717, 1.165) is 17.0 Å². The van der Waals surface area contributed by atoms with Crippen LogP contribution in [0.3, 0.4) is 0 Å². The number of allylic oxidation sites excluding steroid dienone is 3. The van der Waals surface area contributed by atoms with Gasteiger partial charge in [0.1, 0.15) is 5.75 Å². The molecule has 1 heterocycles. The van der Waals surface area contributed by atoms with Crippen LogP contribution in [-0.4, -0.2) is 24.0 Å². The van der Waals surface area contributed by atoms with E-state index in [2.05, 4.69) is 5.32 Å². The number of carboxylic acid groups (broad SMARTS) is 1. The maximum absolute atomic E-state index is 12.5. The Morgan fingerprint density at radius 2 is 2.04 bits per heavy atom. The van der Waals surface area contributed by atoms with Gasteiger partial charge in [0.15, 0.2) is 5.78 Å². The summed E-state index contributed by atoms with van der Waals surface area (Å²) >= 11 is 0. The summed E-state index contributed by atoms with van der Waals surface area (Å²) in [4.78, 5) is 23.8. The van der Waals surface area contributed by atoms with Crippen molar-refractivity contribution in [1.29, 1.82) is 0 Å². The maximum Gasteiger partial charge on any atom is 0.333 e. The van der Waals surface area contributed by atoms with Gasteiger partial charge in [-0.25, -0.2) is 4.79 Å². The number of ketones is 1. The third-order valence-electron chi connectivity index (χ3n) is 4.56. The van der Waals surface area contributed by atoms with Gasteiger partial charge in [0, 0.05) is 35.7 Å². The lowest BCUT2D eigenvalue weighted by atomic mass is 9.78. The molecule has 23 heavy (non-hydrogen) atoms. The van der Waals surface area contributed by atoms with Crippen LogP contribution in [0.25, 0.3) is 0 Å². The molecule has 5 heteroatoms. The number of carbonyl (C=O) groups excluding carboxylic acids is 1. The number of methoxy groups -OCH3 is 1. The SMILES string of the molecule is COc1ccccc1[C@H]1CC(=O)C2=C(C1)NC(C)=C(C(=O)O)C2. The van der Waals surface area contributed by atoms with Gasteiger partial charge < -0.3 is 15.2 Å². The van der Waals surface area contributed by atoms with Gasteiger partial charge in [0.2, 0.25) is 0 Å². The van der Waals surface area contributed by atoms with Gasteiger partial charge in [-0.2, -0.15) is 0 Å². The van der Waals surface area contributed by atoms with E-state index in [0.29, 0.717) is 24.1 Å². The minimum Gasteiger partial charge on any atom is -0.496 e. The van der Waals surface area contributed by atoms with E-state index >= 15 is 0 Å². The fourth-order valence-electron chi connectivity index (χ4n) is 3.36. The number of Topliss-reactive ketones (excluding diaryl/α,β-unsaturated/α-hetero) is 1. The summed E-state index contributed by atoms with van der Waals surface area (Å²) in [6.07, 6.45) is 1.28. The van der Waals surface area contributed by atoms with Gasteiger partial charge >= 0.3 is 5.97 Å². The fourth-order valence-corrected chi connectivity index (χ4v) is 3.36. The number of carboxylic acids is 1. The van der Waals surface area contributed by atoms with E-state index in [1.165, 1.54) is 0 Å². The molecule has 0 fully saturated rings. The van der Waals surface area contributed by atoms with Gasteiger partial charge in [-0.3, -0.25) is 4.79 Å². The van der Waals surface area contributed by atoms with Crippen molar-refractivity contribution in [3.63, 3.8) is 0 Å². The lowest BCUT2D eigenvalue weighted by Crippen LogP contribution is -2.31. The monoisotopic (exact) mass is 313 g/mol. The van der Waals surface area contributed by atoms with Crippen LogP contribution in [0.1, 0.15) is 37.7 Å². The number of benzene rings is 1. The van der Waals surface area contributed by atoms with Crippen molar-refractivity contribution in [1.82, 2.24) is 5.32 Å². The Hall–Kier alpha value is -2.56. The van der Waals surface area contributed by atoms with Crippen LogP contribution in [0, 0.1) is 0 Å². The topological polar surface area (TPSA) is 75.6 Å². The summed E-state index contributed by atoms with van der Waals surface area (Å²) in [6.45, 7) is 1.74. The van der Waals surface area contributed by atoms with Crippen LogP contribution >= 0.6 is 0 Å². The van der Waals surface area contributed by atoms with Gasteiger partial charge in [0.05, 0.1) is 12.7 Å². The first-order valence-electron chi connectivity index (χ1n) is 7.59. The smallest absolute Gasteiger partial charge is 0.333 e. The van der Waals surface area contributed by atoms with Crippen LogP contribution in [0.5, 0.6) is 5.75 Å². The number of hydrogen-bond donors (Lipinski definition) is 2. The molecule has 3 rings (SSSR count). The van der Waals surface area contributed by atoms with Crippen molar-refractivity contribution in [3.8, 4) is 5.75 Å². The Morgan fingerprint density at radius 3 is 2.74 bits per heavy atom.